The summed E-state index contributed by atoms with van der Waals surface area (Å²) in [6, 6.07) is 0.321. The fourth-order valence-electron chi connectivity index (χ4n) is 4.00. The minimum Gasteiger partial charge on any atom is -0.334 e. The first-order valence-corrected chi connectivity index (χ1v) is 7.47. The van der Waals surface area contributed by atoms with Crippen LogP contribution in [0, 0.1) is 0 Å². The molecule has 0 spiro atoms. The molecule has 2 aliphatic carbocycles. The van der Waals surface area contributed by atoms with Crippen LogP contribution in [0.5, 0.6) is 0 Å². The van der Waals surface area contributed by atoms with Crippen LogP contribution in [0.3, 0.4) is 0 Å². The van der Waals surface area contributed by atoms with Gasteiger partial charge in [0.25, 0.3) is 0 Å². The van der Waals surface area contributed by atoms with Crippen molar-refractivity contribution in [2.45, 2.75) is 69.7 Å². The molecule has 1 aromatic rings. The summed E-state index contributed by atoms with van der Waals surface area (Å²) in [5, 5.41) is 0. The van der Waals surface area contributed by atoms with E-state index in [4.69, 9.17) is 10.7 Å². The van der Waals surface area contributed by atoms with Gasteiger partial charge in [-0.25, -0.2) is 4.98 Å². The SMILES string of the molecule is CCC1(c2nc3c(n2C)CCC(N)C3)CCCC1. The van der Waals surface area contributed by atoms with Crippen molar-refractivity contribution >= 4 is 0 Å². The molecule has 0 amide bonds. The lowest BCUT2D eigenvalue weighted by Gasteiger charge is -2.27. The quantitative estimate of drug-likeness (QED) is 0.872. The second-order valence-electron chi connectivity index (χ2n) is 6.23. The number of hydrogen-bond donors (Lipinski definition) is 1. The summed E-state index contributed by atoms with van der Waals surface area (Å²) in [5.74, 6) is 1.35. The van der Waals surface area contributed by atoms with Gasteiger partial charge in [0.15, 0.2) is 0 Å². The Balaban J connectivity index is 2.03. The third-order valence-electron chi connectivity index (χ3n) is 5.22. The van der Waals surface area contributed by atoms with E-state index in [2.05, 4.69) is 18.5 Å². The number of aromatic nitrogens is 2. The molecule has 0 aromatic carbocycles. The molecule has 3 nitrogen and oxygen atoms in total. The van der Waals surface area contributed by atoms with Crippen LogP contribution in [-0.4, -0.2) is 15.6 Å². The topological polar surface area (TPSA) is 43.8 Å². The van der Waals surface area contributed by atoms with Gasteiger partial charge in [0.05, 0.1) is 5.69 Å². The summed E-state index contributed by atoms with van der Waals surface area (Å²) in [6.45, 7) is 2.32. The standard InChI is InChI=1S/C15H25N3/c1-3-15(8-4-5-9-15)14-17-12-10-11(16)6-7-13(12)18(14)2/h11H,3-10,16H2,1-2H3. The van der Waals surface area contributed by atoms with Crippen LogP contribution in [0.4, 0.5) is 0 Å². The van der Waals surface area contributed by atoms with Crippen molar-refractivity contribution < 1.29 is 0 Å². The molecule has 100 valence electrons. The van der Waals surface area contributed by atoms with Gasteiger partial charge in [-0.3, -0.25) is 0 Å². The van der Waals surface area contributed by atoms with E-state index in [1.165, 1.54) is 49.3 Å². The van der Waals surface area contributed by atoms with Crippen molar-refractivity contribution in [3.8, 4) is 0 Å². The Morgan fingerprint density at radius 3 is 2.78 bits per heavy atom. The van der Waals surface area contributed by atoms with E-state index < -0.39 is 0 Å². The molecule has 0 aliphatic heterocycles. The summed E-state index contributed by atoms with van der Waals surface area (Å²) >= 11 is 0. The highest BCUT2D eigenvalue weighted by atomic mass is 15.1. The summed E-state index contributed by atoms with van der Waals surface area (Å²) in [5.41, 5.74) is 9.17. The van der Waals surface area contributed by atoms with Crippen LogP contribution in [0.25, 0.3) is 0 Å². The van der Waals surface area contributed by atoms with Gasteiger partial charge in [0, 0.05) is 30.6 Å². The Bertz CT molecular complexity index is 441. The lowest BCUT2D eigenvalue weighted by Crippen LogP contribution is -2.28. The molecule has 0 radical (unpaired) electrons. The minimum atomic E-state index is 0.321. The van der Waals surface area contributed by atoms with Crippen LogP contribution in [0.2, 0.25) is 0 Å². The van der Waals surface area contributed by atoms with Crippen molar-refractivity contribution in [3.05, 3.63) is 17.2 Å². The van der Waals surface area contributed by atoms with Crippen molar-refractivity contribution in [2.75, 3.05) is 0 Å². The van der Waals surface area contributed by atoms with Gasteiger partial charge in [0.1, 0.15) is 5.82 Å². The number of fused-ring (bicyclic) bond motifs is 1. The van der Waals surface area contributed by atoms with Crippen LogP contribution >= 0.6 is 0 Å². The number of imidazole rings is 1. The van der Waals surface area contributed by atoms with E-state index in [1.807, 2.05) is 0 Å². The van der Waals surface area contributed by atoms with Crippen LogP contribution in [0.1, 0.15) is 62.7 Å². The Hall–Kier alpha value is -0.830. The summed E-state index contributed by atoms with van der Waals surface area (Å²) in [7, 11) is 2.22. The minimum absolute atomic E-state index is 0.321. The molecule has 1 atom stereocenters. The van der Waals surface area contributed by atoms with Gasteiger partial charge in [-0.15, -0.1) is 0 Å². The molecule has 2 aliphatic rings. The zero-order valence-corrected chi connectivity index (χ0v) is 11.7. The zero-order valence-electron chi connectivity index (χ0n) is 11.7. The molecular weight excluding hydrogens is 222 g/mol. The Morgan fingerprint density at radius 1 is 1.39 bits per heavy atom. The van der Waals surface area contributed by atoms with Crippen molar-refractivity contribution in [1.82, 2.24) is 9.55 Å². The van der Waals surface area contributed by atoms with Gasteiger partial charge < -0.3 is 10.3 Å². The second-order valence-corrected chi connectivity index (χ2v) is 6.23. The Morgan fingerprint density at radius 2 is 2.11 bits per heavy atom. The predicted octanol–water partition coefficient (Wildman–Crippen LogP) is 2.46. The first-order valence-electron chi connectivity index (χ1n) is 7.47. The number of hydrogen-bond acceptors (Lipinski definition) is 2. The van der Waals surface area contributed by atoms with E-state index in [0.717, 1.165) is 19.3 Å². The van der Waals surface area contributed by atoms with Crippen LogP contribution in [-0.2, 0) is 25.3 Å². The van der Waals surface area contributed by atoms with Crippen molar-refractivity contribution in [2.24, 2.45) is 12.8 Å². The molecule has 18 heavy (non-hydrogen) atoms. The average molecular weight is 247 g/mol. The summed E-state index contributed by atoms with van der Waals surface area (Å²) in [6.07, 6.45) is 9.80. The maximum Gasteiger partial charge on any atom is 0.115 e. The second kappa shape index (κ2) is 4.37. The molecule has 0 bridgehead atoms. The first-order chi connectivity index (χ1) is 8.66. The van der Waals surface area contributed by atoms with Gasteiger partial charge in [0.2, 0.25) is 0 Å². The maximum absolute atomic E-state index is 6.08. The van der Waals surface area contributed by atoms with E-state index >= 15 is 0 Å². The number of nitrogens with zero attached hydrogens (tertiary/aromatic N) is 2. The largest absolute Gasteiger partial charge is 0.334 e. The fraction of sp³-hybridized carbons (Fsp3) is 0.800. The molecule has 2 N–H and O–H groups in total. The summed E-state index contributed by atoms with van der Waals surface area (Å²) < 4.78 is 2.40. The highest BCUT2D eigenvalue weighted by Crippen LogP contribution is 2.43. The predicted molar refractivity (Wildman–Crippen MR) is 73.6 cm³/mol. The van der Waals surface area contributed by atoms with E-state index in [0.29, 0.717) is 11.5 Å². The molecule has 1 fully saturated rings. The third-order valence-corrected chi connectivity index (χ3v) is 5.22. The average Bonchev–Trinajstić information content (AvgIpc) is 2.95. The van der Waals surface area contributed by atoms with Gasteiger partial charge in [-0.05, 0) is 32.1 Å². The van der Waals surface area contributed by atoms with Crippen molar-refractivity contribution in [3.63, 3.8) is 0 Å². The maximum atomic E-state index is 6.08. The van der Waals surface area contributed by atoms with Crippen LogP contribution in [0.15, 0.2) is 0 Å². The molecule has 1 heterocycles. The molecule has 3 heteroatoms. The van der Waals surface area contributed by atoms with E-state index in [9.17, 15) is 0 Å². The van der Waals surface area contributed by atoms with E-state index in [1.54, 1.807) is 0 Å². The molecule has 0 saturated heterocycles. The Labute approximate surface area is 110 Å². The lowest BCUT2D eigenvalue weighted by molar-refractivity contribution is 0.385. The van der Waals surface area contributed by atoms with Gasteiger partial charge >= 0.3 is 0 Å². The zero-order chi connectivity index (χ0) is 12.8. The monoisotopic (exact) mass is 247 g/mol. The third kappa shape index (κ3) is 1.71. The van der Waals surface area contributed by atoms with Gasteiger partial charge in [-0.2, -0.15) is 0 Å². The Kier molecular flexibility index (Phi) is 2.97. The number of nitrogens with two attached hydrogens (primary N) is 1. The number of rotatable bonds is 2. The van der Waals surface area contributed by atoms with E-state index in [-0.39, 0.29) is 0 Å². The molecule has 1 unspecified atom stereocenters. The molecular formula is C15H25N3. The molecule has 1 saturated carbocycles. The molecule has 3 rings (SSSR count). The van der Waals surface area contributed by atoms with Crippen molar-refractivity contribution in [1.29, 1.82) is 0 Å². The van der Waals surface area contributed by atoms with Crippen LogP contribution < -0.4 is 5.73 Å². The summed E-state index contributed by atoms with van der Waals surface area (Å²) in [4.78, 5) is 5.01. The normalized spacial score (nSPS) is 26.3. The lowest BCUT2D eigenvalue weighted by atomic mass is 9.82. The molecule has 1 aromatic heterocycles. The first kappa shape index (κ1) is 12.2. The smallest absolute Gasteiger partial charge is 0.115 e. The van der Waals surface area contributed by atoms with Gasteiger partial charge in [-0.1, -0.05) is 19.8 Å². The highest BCUT2D eigenvalue weighted by molar-refractivity contribution is 5.26. The fourth-order valence-corrected chi connectivity index (χ4v) is 4.00. The highest BCUT2D eigenvalue weighted by Gasteiger charge is 2.39.